The van der Waals surface area contributed by atoms with Gasteiger partial charge in [-0.25, -0.2) is 4.98 Å². The molecule has 1 aliphatic rings. The van der Waals surface area contributed by atoms with Crippen molar-refractivity contribution in [2.24, 2.45) is 5.92 Å². The van der Waals surface area contributed by atoms with Gasteiger partial charge in [-0.3, -0.25) is 4.79 Å². The topological polar surface area (TPSA) is 74.7 Å². The van der Waals surface area contributed by atoms with Gasteiger partial charge in [0.05, 0.1) is 23.4 Å². The van der Waals surface area contributed by atoms with Crippen molar-refractivity contribution < 1.29 is 27.8 Å². The van der Waals surface area contributed by atoms with Crippen molar-refractivity contribution in [2.75, 3.05) is 30.0 Å². The minimum atomic E-state index is -4.46. The highest BCUT2D eigenvalue weighted by atomic mass is 19.4. The molecule has 1 atom stereocenters. The van der Waals surface area contributed by atoms with Gasteiger partial charge in [-0.15, -0.1) is 0 Å². The number of pyridine rings is 1. The minimum Gasteiger partial charge on any atom is -0.481 e. The number of aromatic nitrogens is 1. The molecule has 3 rings (SSSR count). The maximum absolute atomic E-state index is 13.0. The Morgan fingerprint density at radius 2 is 1.91 bits per heavy atom. The normalized spacial score (nSPS) is 15.9. The molecule has 1 saturated heterocycles. The maximum atomic E-state index is 13.0. The van der Waals surface area contributed by atoms with Crippen molar-refractivity contribution in [3.63, 3.8) is 0 Å². The van der Waals surface area contributed by atoms with E-state index in [0.717, 1.165) is 42.9 Å². The first-order valence-electron chi connectivity index (χ1n) is 11.5. The monoisotopic (exact) mass is 479 g/mol. The van der Waals surface area contributed by atoms with Crippen LogP contribution in [0.3, 0.4) is 0 Å². The number of ether oxygens (including phenoxy) is 1. The highest BCUT2D eigenvalue weighted by Crippen LogP contribution is 2.36. The molecule has 1 unspecified atom stereocenters. The Morgan fingerprint density at radius 3 is 2.47 bits per heavy atom. The Labute approximate surface area is 198 Å². The van der Waals surface area contributed by atoms with E-state index in [-0.39, 0.29) is 24.2 Å². The van der Waals surface area contributed by atoms with Crippen molar-refractivity contribution in [1.82, 2.24) is 4.98 Å². The van der Waals surface area contributed by atoms with E-state index in [1.54, 1.807) is 0 Å². The first-order valence-corrected chi connectivity index (χ1v) is 11.5. The van der Waals surface area contributed by atoms with E-state index in [2.05, 4.69) is 29.0 Å². The van der Waals surface area contributed by atoms with E-state index in [1.807, 2.05) is 25.1 Å². The molecule has 2 heterocycles. The van der Waals surface area contributed by atoms with Gasteiger partial charge in [0.2, 0.25) is 0 Å². The summed E-state index contributed by atoms with van der Waals surface area (Å²) in [6, 6.07) is 8.35. The highest BCUT2D eigenvalue weighted by Gasteiger charge is 2.31. The van der Waals surface area contributed by atoms with Crippen LogP contribution in [0.1, 0.15) is 57.1 Å². The van der Waals surface area contributed by atoms with Gasteiger partial charge >= 0.3 is 12.1 Å². The lowest BCUT2D eigenvalue weighted by molar-refractivity contribution is -0.138. The van der Waals surface area contributed by atoms with Crippen LogP contribution < -0.4 is 10.2 Å². The number of benzene rings is 1. The van der Waals surface area contributed by atoms with Crippen LogP contribution in [0.2, 0.25) is 0 Å². The number of carboxylic acid groups (broad SMARTS) is 1. The lowest BCUT2D eigenvalue weighted by Gasteiger charge is -2.38. The average Bonchev–Trinajstić information content (AvgIpc) is 2.77. The number of nitrogens with zero attached hydrogens (tertiary/aromatic N) is 2. The number of nitrogens with one attached hydrogen (secondary N) is 1. The predicted molar refractivity (Wildman–Crippen MR) is 126 cm³/mol. The Hall–Kier alpha value is -2.81. The third kappa shape index (κ3) is 6.85. The summed E-state index contributed by atoms with van der Waals surface area (Å²) in [5.41, 5.74) is 1.62. The highest BCUT2D eigenvalue weighted by molar-refractivity contribution is 5.76. The van der Waals surface area contributed by atoms with Gasteiger partial charge in [0.15, 0.2) is 0 Å². The largest absolute Gasteiger partial charge is 0.481 e. The van der Waals surface area contributed by atoms with Crippen molar-refractivity contribution in [2.45, 2.75) is 58.2 Å². The van der Waals surface area contributed by atoms with Gasteiger partial charge in [-0.2, -0.15) is 13.2 Å². The lowest BCUT2D eigenvalue weighted by atomic mass is 9.95. The number of hydrogen-bond acceptors (Lipinski definition) is 5. The molecule has 9 heteroatoms. The molecule has 0 amide bonds. The number of alkyl halides is 3. The number of anilines is 3. The molecule has 1 aromatic heterocycles. The van der Waals surface area contributed by atoms with Gasteiger partial charge in [0.25, 0.3) is 0 Å². The minimum absolute atomic E-state index is 0.0208. The zero-order valence-electron chi connectivity index (χ0n) is 19.7. The molecule has 0 aliphatic carbocycles. The second-order valence-electron chi connectivity index (χ2n) is 9.22. The summed E-state index contributed by atoms with van der Waals surface area (Å²) in [4.78, 5) is 17.5. The van der Waals surface area contributed by atoms with E-state index < -0.39 is 17.7 Å². The van der Waals surface area contributed by atoms with Crippen LogP contribution in [0.25, 0.3) is 0 Å². The van der Waals surface area contributed by atoms with E-state index in [9.17, 15) is 23.1 Å². The summed E-state index contributed by atoms with van der Waals surface area (Å²) in [5, 5.41) is 12.4. The Morgan fingerprint density at radius 1 is 1.21 bits per heavy atom. The Bertz CT molecular complexity index is 958. The van der Waals surface area contributed by atoms with Gasteiger partial charge in [0.1, 0.15) is 5.82 Å². The number of carboxylic acids is 1. The van der Waals surface area contributed by atoms with Gasteiger partial charge in [0, 0.05) is 32.0 Å². The lowest BCUT2D eigenvalue weighted by Crippen LogP contribution is -2.42. The first-order chi connectivity index (χ1) is 16.0. The summed E-state index contributed by atoms with van der Waals surface area (Å²) in [5.74, 6) is -0.451. The maximum Gasteiger partial charge on any atom is 0.417 e. The van der Waals surface area contributed by atoms with Crippen molar-refractivity contribution in [1.29, 1.82) is 0 Å². The second kappa shape index (κ2) is 11.1. The van der Waals surface area contributed by atoms with E-state index in [0.29, 0.717) is 24.8 Å². The Kier molecular flexibility index (Phi) is 8.41. The quantitative estimate of drug-likeness (QED) is 0.455. The molecular formula is C25H32F3N3O3. The van der Waals surface area contributed by atoms with E-state index in [1.165, 1.54) is 6.07 Å². The molecule has 0 spiro atoms. The summed E-state index contributed by atoms with van der Waals surface area (Å²) >= 11 is 0. The second-order valence-corrected chi connectivity index (χ2v) is 9.22. The molecular weight excluding hydrogens is 447 g/mol. The first kappa shape index (κ1) is 25.8. The number of aliphatic carboxylic acids is 1. The molecule has 0 saturated carbocycles. The van der Waals surface area contributed by atoms with Crippen molar-refractivity contribution in [3.8, 4) is 0 Å². The summed E-state index contributed by atoms with van der Waals surface area (Å²) in [6.07, 6.45) is -1.92. The van der Waals surface area contributed by atoms with Crippen LogP contribution in [0, 0.1) is 5.92 Å². The number of hydrogen-bond donors (Lipinski definition) is 2. The number of halogens is 3. The van der Waals surface area contributed by atoms with Crippen LogP contribution in [0.15, 0.2) is 36.5 Å². The zero-order chi connectivity index (χ0) is 24.9. The third-order valence-electron chi connectivity index (χ3n) is 5.93. The van der Waals surface area contributed by atoms with Crippen LogP contribution in [-0.2, 0) is 15.7 Å². The predicted octanol–water partition coefficient (Wildman–Crippen LogP) is 6.06. The molecule has 6 nitrogen and oxygen atoms in total. The van der Waals surface area contributed by atoms with E-state index >= 15 is 0 Å². The summed E-state index contributed by atoms with van der Waals surface area (Å²) in [7, 11) is 0. The molecule has 0 radical (unpaired) electrons. The molecule has 1 fully saturated rings. The molecule has 186 valence electrons. The molecule has 1 aromatic carbocycles. The number of rotatable bonds is 9. The van der Waals surface area contributed by atoms with Gasteiger partial charge in [-0.05, 0) is 54.5 Å². The van der Waals surface area contributed by atoms with E-state index in [4.69, 9.17) is 4.74 Å². The standard InChI is InChI=1S/C25H32F3N3O3/c1-16(2)15-31(20-8-10-34-11-9-20)22-6-4-18(17(3)12-24(32)33)13-21(22)30-23-7-5-19(14-29-23)25(26,27)28/h4-7,13-14,16-17,20H,8-12,15H2,1-3H3,(H,29,30)(H,32,33). The summed E-state index contributed by atoms with van der Waals surface area (Å²) < 4.78 is 44.4. The smallest absolute Gasteiger partial charge is 0.417 e. The number of carbonyl (C=O) groups is 1. The average molecular weight is 480 g/mol. The van der Waals surface area contributed by atoms with Crippen LogP contribution in [0.5, 0.6) is 0 Å². The Balaban J connectivity index is 2.00. The fourth-order valence-electron chi connectivity index (χ4n) is 4.20. The van der Waals surface area contributed by atoms with Crippen LogP contribution >= 0.6 is 0 Å². The van der Waals surface area contributed by atoms with Crippen molar-refractivity contribution >= 4 is 23.2 Å². The van der Waals surface area contributed by atoms with Gasteiger partial charge < -0.3 is 20.1 Å². The van der Waals surface area contributed by atoms with Crippen molar-refractivity contribution in [3.05, 3.63) is 47.7 Å². The fraction of sp³-hybridized carbons (Fsp3) is 0.520. The molecule has 1 aliphatic heterocycles. The van der Waals surface area contributed by atoms with Gasteiger partial charge in [-0.1, -0.05) is 26.8 Å². The van der Waals surface area contributed by atoms with Crippen LogP contribution in [-0.4, -0.2) is 41.9 Å². The molecule has 34 heavy (non-hydrogen) atoms. The molecule has 2 aromatic rings. The molecule has 2 N–H and O–H groups in total. The third-order valence-corrected chi connectivity index (χ3v) is 5.93. The SMILES string of the molecule is CC(C)CN(c1ccc(C(C)CC(=O)O)cc1Nc1ccc(C(F)(F)F)cn1)C1CCOCC1. The zero-order valence-corrected chi connectivity index (χ0v) is 19.7. The fourth-order valence-corrected chi connectivity index (χ4v) is 4.20. The summed E-state index contributed by atoms with van der Waals surface area (Å²) in [6.45, 7) is 8.27. The van der Waals surface area contributed by atoms with Crippen LogP contribution in [0.4, 0.5) is 30.4 Å². The molecule has 0 bridgehead atoms.